The fourth-order valence-electron chi connectivity index (χ4n) is 2.61. The molecule has 0 aliphatic carbocycles. The van der Waals surface area contributed by atoms with Gasteiger partial charge in [0.05, 0.1) is 22.3 Å². The molecule has 2 aromatic heterocycles. The lowest BCUT2D eigenvalue weighted by Gasteiger charge is -2.06. The van der Waals surface area contributed by atoms with Gasteiger partial charge >= 0.3 is 6.18 Å². The second-order valence-electron chi connectivity index (χ2n) is 5.64. The average Bonchev–Trinajstić information content (AvgIpc) is 3.17. The minimum Gasteiger partial charge on any atom is -0.322 e. The second-order valence-corrected chi connectivity index (χ2v) is 6.08. The topological polar surface area (TPSA) is 66.5 Å². The molecule has 5 nitrogen and oxygen atoms in total. The number of H-pyrrole nitrogens is 2. The smallest absolute Gasteiger partial charge is 0.322 e. The monoisotopic (exact) mass is 378 g/mol. The van der Waals surface area contributed by atoms with E-state index in [1.807, 2.05) is 0 Å². The maximum Gasteiger partial charge on any atom is 0.416 e. The largest absolute Gasteiger partial charge is 0.416 e. The fourth-order valence-corrected chi connectivity index (χ4v) is 2.79. The maximum atomic E-state index is 12.7. The van der Waals surface area contributed by atoms with Gasteiger partial charge in [0.2, 0.25) is 5.95 Å². The highest BCUT2D eigenvalue weighted by Gasteiger charge is 2.30. The zero-order chi connectivity index (χ0) is 18.5. The Morgan fingerprint density at radius 2 is 1.77 bits per heavy atom. The predicted molar refractivity (Wildman–Crippen MR) is 91.5 cm³/mol. The number of halogens is 4. The number of imidazole rings is 1. The van der Waals surface area contributed by atoms with Gasteiger partial charge in [0.1, 0.15) is 0 Å². The van der Waals surface area contributed by atoms with Gasteiger partial charge in [-0.05, 0) is 35.9 Å². The van der Waals surface area contributed by atoms with Gasteiger partial charge in [0.25, 0.3) is 5.56 Å². The molecular formula is C17H10ClF3N4O. The SMILES string of the molecule is O=c1cc(-c2ccc(C(F)(F)F)cc2)[nH]n1-c1nc2ccc(Cl)cc2[nH]1. The number of hydrogen-bond acceptors (Lipinski definition) is 2. The summed E-state index contributed by atoms with van der Waals surface area (Å²) in [6, 6.07) is 10.9. The Bertz CT molecular complexity index is 1160. The molecule has 0 saturated heterocycles. The van der Waals surface area contributed by atoms with Crippen molar-refractivity contribution in [3.63, 3.8) is 0 Å². The van der Waals surface area contributed by atoms with Gasteiger partial charge in [-0.25, -0.2) is 4.98 Å². The van der Waals surface area contributed by atoms with Gasteiger partial charge in [0, 0.05) is 11.1 Å². The molecule has 0 unspecified atom stereocenters. The van der Waals surface area contributed by atoms with E-state index in [1.54, 1.807) is 18.2 Å². The normalized spacial score (nSPS) is 12.0. The van der Waals surface area contributed by atoms with Crippen LogP contribution in [0.2, 0.25) is 5.02 Å². The molecule has 0 spiro atoms. The average molecular weight is 379 g/mol. The number of aromatic nitrogens is 4. The van der Waals surface area contributed by atoms with Crippen LogP contribution in [0.3, 0.4) is 0 Å². The van der Waals surface area contributed by atoms with E-state index in [0.717, 1.165) is 12.1 Å². The molecule has 0 fully saturated rings. The first-order valence-corrected chi connectivity index (χ1v) is 7.84. The number of nitrogens with zero attached hydrogens (tertiary/aromatic N) is 2. The zero-order valence-electron chi connectivity index (χ0n) is 12.9. The summed E-state index contributed by atoms with van der Waals surface area (Å²) < 4.78 is 39.2. The van der Waals surface area contributed by atoms with E-state index < -0.39 is 17.3 Å². The Morgan fingerprint density at radius 1 is 1.04 bits per heavy atom. The van der Waals surface area contributed by atoms with Gasteiger partial charge in [-0.1, -0.05) is 23.7 Å². The number of benzene rings is 2. The van der Waals surface area contributed by atoms with Crippen LogP contribution in [0.5, 0.6) is 0 Å². The molecular weight excluding hydrogens is 369 g/mol. The van der Waals surface area contributed by atoms with Crippen LogP contribution in [-0.2, 0) is 6.18 Å². The summed E-state index contributed by atoms with van der Waals surface area (Å²) in [5.41, 5.74) is 0.963. The Kier molecular flexibility index (Phi) is 3.66. The first-order valence-electron chi connectivity index (χ1n) is 7.46. The van der Waals surface area contributed by atoms with E-state index in [0.29, 0.717) is 27.3 Å². The Balaban J connectivity index is 1.74. The molecule has 2 aromatic carbocycles. The van der Waals surface area contributed by atoms with Gasteiger partial charge in [-0.3, -0.25) is 9.89 Å². The van der Waals surface area contributed by atoms with Crippen LogP contribution in [0.1, 0.15) is 5.56 Å². The van der Waals surface area contributed by atoms with Crippen LogP contribution >= 0.6 is 11.6 Å². The Labute approximate surface area is 149 Å². The summed E-state index contributed by atoms with van der Waals surface area (Å²) in [5.74, 6) is 0.255. The minimum absolute atomic E-state index is 0.255. The van der Waals surface area contributed by atoms with E-state index in [9.17, 15) is 18.0 Å². The minimum atomic E-state index is -4.41. The van der Waals surface area contributed by atoms with E-state index in [4.69, 9.17) is 11.6 Å². The van der Waals surface area contributed by atoms with Crippen molar-refractivity contribution in [2.45, 2.75) is 6.18 Å². The van der Waals surface area contributed by atoms with Crippen molar-refractivity contribution in [1.29, 1.82) is 0 Å². The van der Waals surface area contributed by atoms with Crippen molar-refractivity contribution in [2.75, 3.05) is 0 Å². The second kappa shape index (κ2) is 5.77. The van der Waals surface area contributed by atoms with Crippen LogP contribution in [-0.4, -0.2) is 19.7 Å². The molecule has 132 valence electrons. The van der Waals surface area contributed by atoms with E-state index >= 15 is 0 Å². The highest BCUT2D eigenvalue weighted by atomic mass is 35.5. The maximum absolute atomic E-state index is 12.7. The lowest BCUT2D eigenvalue weighted by atomic mass is 10.1. The highest BCUT2D eigenvalue weighted by molar-refractivity contribution is 6.31. The van der Waals surface area contributed by atoms with E-state index in [1.165, 1.54) is 22.9 Å². The predicted octanol–water partition coefficient (Wildman–Crippen LogP) is 4.38. The van der Waals surface area contributed by atoms with Crippen molar-refractivity contribution in [1.82, 2.24) is 19.7 Å². The molecule has 0 bridgehead atoms. The summed E-state index contributed by atoms with van der Waals surface area (Å²) in [5, 5.41) is 3.37. The molecule has 0 atom stereocenters. The number of rotatable bonds is 2. The third kappa shape index (κ3) is 2.88. The lowest BCUT2D eigenvalue weighted by Crippen LogP contribution is -2.14. The quantitative estimate of drug-likeness (QED) is 0.543. The summed E-state index contributed by atoms with van der Waals surface area (Å²) >= 11 is 5.93. The summed E-state index contributed by atoms with van der Waals surface area (Å²) in [6.45, 7) is 0. The van der Waals surface area contributed by atoms with Crippen LogP contribution in [0, 0.1) is 0 Å². The van der Waals surface area contributed by atoms with Crippen molar-refractivity contribution in [2.24, 2.45) is 0 Å². The number of aromatic amines is 2. The fraction of sp³-hybridized carbons (Fsp3) is 0.0588. The number of fused-ring (bicyclic) bond motifs is 1. The molecule has 0 saturated carbocycles. The summed E-state index contributed by atoms with van der Waals surface area (Å²) in [6.07, 6.45) is -4.41. The third-order valence-corrected chi connectivity index (χ3v) is 4.12. The molecule has 26 heavy (non-hydrogen) atoms. The van der Waals surface area contributed by atoms with Crippen molar-refractivity contribution >= 4 is 22.6 Å². The first-order chi connectivity index (χ1) is 12.3. The third-order valence-electron chi connectivity index (χ3n) is 3.89. The molecule has 9 heteroatoms. The summed E-state index contributed by atoms with van der Waals surface area (Å²) in [4.78, 5) is 19.5. The molecule has 2 N–H and O–H groups in total. The van der Waals surface area contributed by atoms with E-state index in [-0.39, 0.29) is 5.95 Å². The van der Waals surface area contributed by atoms with Crippen LogP contribution in [0.25, 0.3) is 28.2 Å². The van der Waals surface area contributed by atoms with Crippen molar-refractivity contribution in [3.8, 4) is 17.2 Å². The van der Waals surface area contributed by atoms with Crippen LogP contribution in [0.4, 0.5) is 13.2 Å². The molecule has 0 amide bonds. The molecule has 0 aliphatic rings. The van der Waals surface area contributed by atoms with Crippen LogP contribution < -0.4 is 5.56 Å². The number of nitrogens with one attached hydrogen (secondary N) is 2. The first kappa shape index (κ1) is 16.5. The molecule has 0 aliphatic heterocycles. The molecule has 4 rings (SSSR count). The van der Waals surface area contributed by atoms with Crippen LogP contribution in [0.15, 0.2) is 53.3 Å². The summed E-state index contributed by atoms with van der Waals surface area (Å²) in [7, 11) is 0. The molecule has 2 heterocycles. The number of alkyl halides is 3. The molecule has 0 radical (unpaired) electrons. The molecule has 4 aromatic rings. The lowest BCUT2D eigenvalue weighted by molar-refractivity contribution is -0.137. The Morgan fingerprint density at radius 3 is 2.46 bits per heavy atom. The van der Waals surface area contributed by atoms with E-state index in [2.05, 4.69) is 15.1 Å². The van der Waals surface area contributed by atoms with Gasteiger partial charge in [-0.2, -0.15) is 17.9 Å². The highest BCUT2D eigenvalue weighted by Crippen LogP contribution is 2.30. The van der Waals surface area contributed by atoms with Gasteiger partial charge in [-0.15, -0.1) is 0 Å². The van der Waals surface area contributed by atoms with Gasteiger partial charge in [0.15, 0.2) is 0 Å². The standard InChI is InChI=1S/C17H10ClF3N4O/c18-11-5-6-12-14(7-11)23-16(22-12)25-15(26)8-13(24-25)9-1-3-10(4-2-9)17(19,20)21/h1-8,24H,(H,22,23). The van der Waals surface area contributed by atoms with Crippen molar-refractivity contribution in [3.05, 3.63) is 69.5 Å². The Hall–Kier alpha value is -3.00. The number of hydrogen-bond donors (Lipinski definition) is 2. The van der Waals surface area contributed by atoms with Crippen molar-refractivity contribution < 1.29 is 13.2 Å². The van der Waals surface area contributed by atoms with Gasteiger partial charge < -0.3 is 4.98 Å². The zero-order valence-corrected chi connectivity index (χ0v) is 13.7.